The molecule has 0 aliphatic heterocycles. The van der Waals surface area contributed by atoms with Crippen molar-refractivity contribution < 1.29 is 0 Å². The molecule has 2 unspecified atom stereocenters. The van der Waals surface area contributed by atoms with Crippen LogP contribution in [-0.2, 0) is 12.8 Å². The normalized spacial score (nSPS) is 16.5. The molecule has 0 radical (unpaired) electrons. The molecule has 0 saturated heterocycles. The summed E-state index contributed by atoms with van der Waals surface area (Å²) in [7, 11) is 0. The molecule has 20 heavy (non-hydrogen) atoms. The molecule has 2 nitrogen and oxygen atoms in total. The number of halogens is 4. The van der Waals surface area contributed by atoms with Crippen LogP contribution >= 0.6 is 63.7 Å². The molecule has 0 fully saturated rings. The Bertz CT molecular complexity index is 483. The van der Waals surface area contributed by atoms with Crippen LogP contribution in [0.3, 0.4) is 0 Å². The molecule has 0 aliphatic rings. The van der Waals surface area contributed by atoms with Gasteiger partial charge in [-0.05, 0) is 11.1 Å². The van der Waals surface area contributed by atoms with Gasteiger partial charge < -0.3 is 0 Å². The molecule has 0 amide bonds. The fourth-order valence-corrected chi connectivity index (χ4v) is 2.95. The van der Waals surface area contributed by atoms with Crippen LogP contribution in [0.5, 0.6) is 0 Å². The highest BCUT2D eigenvalue weighted by molar-refractivity contribution is 9.12. The predicted octanol–water partition coefficient (Wildman–Crippen LogP) is 4.88. The van der Waals surface area contributed by atoms with Gasteiger partial charge in [-0.15, -0.1) is 0 Å². The molecule has 1 aromatic carbocycles. The van der Waals surface area contributed by atoms with Crippen LogP contribution in [0, 0.1) is 22.7 Å². The minimum Gasteiger partial charge on any atom is -0.197 e. The Morgan fingerprint density at radius 1 is 0.800 bits per heavy atom. The molecule has 0 heterocycles. The second-order valence-corrected chi connectivity index (χ2v) is 8.75. The third-order valence-corrected chi connectivity index (χ3v) is 7.71. The van der Waals surface area contributed by atoms with Gasteiger partial charge in [-0.2, -0.15) is 10.5 Å². The van der Waals surface area contributed by atoms with E-state index >= 15 is 0 Å². The van der Waals surface area contributed by atoms with Crippen molar-refractivity contribution in [2.24, 2.45) is 0 Å². The summed E-state index contributed by atoms with van der Waals surface area (Å²) >= 11 is 13.6. The average Bonchev–Trinajstić information content (AvgIpc) is 2.49. The summed E-state index contributed by atoms with van der Waals surface area (Å²) in [6.45, 7) is 0. The summed E-state index contributed by atoms with van der Waals surface area (Å²) in [6.07, 6.45) is 1.26. The lowest BCUT2D eigenvalue weighted by Crippen LogP contribution is -2.24. The molecule has 106 valence electrons. The molecule has 1 aromatic rings. The second kappa shape index (κ2) is 7.94. The smallest absolute Gasteiger partial charge is 0.126 e. The van der Waals surface area contributed by atoms with Crippen LogP contribution in [0.15, 0.2) is 24.3 Å². The van der Waals surface area contributed by atoms with Gasteiger partial charge in [-0.25, -0.2) is 0 Å². The SMILES string of the molecule is N#CC(Br)(CBr)Cc1ccc(CC(Br)(C#N)CBr)cc1. The summed E-state index contributed by atoms with van der Waals surface area (Å²) in [5, 5.41) is 19.4. The third-order valence-electron chi connectivity index (χ3n) is 2.82. The topological polar surface area (TPSA) is 47.6 Å². The monoisotopic (exact) mass is 524 g/mol. The van der Waals surface area contributed by atoms with Crippen molar-refractivity contribution in [1.29, 1.82) is 10.5 Å². The molecule has 1 rings (SSSR count). The maximum atomic E-state index is 9.14. The third kappa shape index (κ3) is 5.15. The highest BCUT2D eigenvalue weighted by atomic mass is 79.9. The molecule has 2 atom stereocenters. The standard InChI is InChI=1S/C14H12Br4N2/c15-7-13(17,9-19)5-11-1-2-12(4-3-11)6-14(18,8-16)10-20/h1-4H,5-8H2. The van der Waals surface area contributed by atoms with Crippen molar-refractivity contribution in [3.05, 3.63) is 35.4 Å². The van der Waals surface area contributed by atoms with Gasteiger partial charge in [0.25, 0.3) is 0 Å². The van der Waals surface area contributed by atoms with E-state index in [4.69, 9.17) is 10.5 Å². The van der Waals surface area contributed by atoms with Gasteiger partial charge in [0.05, 0.1) is 12.1 Å². The highest BCUT2D eigenvalue weighted by Gasteiger charge is 2.27. The lowest BCUT2D eigenvalue weighted by atomic mass is 9.97. The van der Waals surface area contributed by atoms with Crippen molar-refractivity contribution in [2.45, 2.75) is 21.5 Å². The molecule has 0 aliphatic carbocycles. The fourth-order valence-electron chi connectivity index (χ4n) is 1.66. The van der Waals surface area contributed by atoms with Crippen LogP contribution in [0.25, 0.3) is 0 Å². The number of nitriles is 2. The Morgan fingerprint density at radius 2 is 1.10 bits per heavy atom. The summed E-state index contributed by atoms with van der Waals surface area (Å²) in [5.41, 5.74) is 2.17. The molecule has 0 spiro atoms. The number of nitrogens with zero attached hydrogens (tertiary/aromatic N) is 2. The molecule has 6 heteroatoms. The fraction of sp³-hybridized carbons (Fsp3) is 0.429. The first kappa shape index (κ1) is 18.2. The average molecular weight is 528 g/mol. The molecule has 0 saturated carbocycles. The van der Waals surface area contributed by atoms with Gasteiger partial charge in [0, 0.05) is 23.5 Å². The summed E-state index contributed by atoms with van der Waals surface area (Å²) in [5.74, 6) is 0. The number of hydrogen-bond acceptors (Lipinski definition) is 2. The van der Waals surface area contributed by atoms with Crippen molar-refractivity contribution in [1.82, 2.24) is 0 Å². The predicted molar refractivity (Wildman–Crippen MR) is 96.0 cm³/mol. The molecule has 0 N–H and O–H groups in total. The van der Waals surface area contributed by atoms with Crippen molar-refractivity contribution >= 4 is 63.7 Å². The number of benzene rings is 1. The zero-order valence-electron chi connectivity index (χ0n) is 10.5. The van der Waals surface area contributed by atoms with Gasteiger partial charge in [0.2, 0.25) is 0 Å². The minimum atomic E-state index is -0.573. The van der Waals surface area contributed by atoms with Gasteiger partial charge in [-0.1, -0.05) is 88.0 Å². The van der Waals surface area contributed by atoms with E-state index in [9.17, 15) is 0 Å². The summed E-state index contributed by atoms with van der Waals surface area (Å²) in [6, 6.07) is 12.5. The minimum absolute atomic E-state index is 0.570. The number of hydrogen-bond donors (Lipinski definition) is 0. The van der Waals surface area contributed by atoms with E-state index in [1.165, 1.54) is 0 Å². The van der Waals surface area contributed by atoms with E-state index in [1.54, 1.807) is 0 Å². The van der Waals surface area contributed by atoms with Crippen molar-refractivity contribution in [3.8, 4) is 12.1 Å². The van der Waals surface area contributed by atoms with Gasteiger partial charge >= 0.3 is 0 Å². The first-order valence-electron chi connectivity index (χ1n) is 5.80. The molecular weight excluding hydrogens is 516 g/mol. The van der Waals surface area contributed by atoms with Crippen LogP contribution < -0.4 is 0 Å². The van der Waals surface area contributed by atoms with Gasteiger partial charge in [0.1, 0.15) is 8.65 Å². The Hall–Kier alpha value is 0.120. The maximum absolute atomic E-state index is 9.14. The molecule has 0 aromatic heterocycles. The first-order valence-corrected chi connectivity index (χ1v) is 9.63. The Labute approximate surface area is 153 Å². The van der Waals surface area contributed by atoms with E-state index in [0.29, 0.717) is 23.5 Å². The molecule has 0 bridgehead atoms. The quantitative estimate of drug-likeness (QED) is 0.495. The van der Waals surface area contributed by atoms with E-state index in [2.05, 4.69) is 75.9 Å². The van der Waals surface area contributed by atoms with E-state index in [1.807, 2.05) is 24.3 Å². The summed E-state index contributed by atoms with van der Waals surface area (Å²) < 4.78 is -1.15. The molecular formula is C14H12Br4N2. The maximum Gasteiger partial charge on any atom is 0.126 e. The van der Waals surface area contributed by atoms with Crippen LogP contribution in [0.4, 0.5) is 0 Å². The van der Waals surface area contributed by atoms with Crippen molar-refractivity contribution in [3.63, 3.8) is 0 Å². The highest BCUT2D eigenvalue weighted by Crippen LogP contribution is 2.27. The number of alkyl halides is 4. The van der Waals surface area contributed by atoms with Crippen LogP contribution in [0.1, 0.15) is 11.1 Å². The zero-order valence-corrected chi connectivity index (χ0v) is 16.9. The van der Waals surface area contributed by atoms with Crippen LogP contribution in [0.2, 0.25) is 0 Å². The van der Waals surface area contributed by atoms with E-state index in [0.717, 1.165) is 11.1 Å². The zero-order chi connectivity index (χ0) is 15.2. The van der Waals surface area contributed by atoms with Gasteiger partial charge in [-0.3, -0.25) is 0 Å². The Kier molecular flexibility index (Phi) is 7.21. The van der Waals surface area contributed by atoms with Crippen molar-refractivity contribution in [2.75, 3.05) is 10.7 Å². The van der Waals surface area contributed by atoms with E-state index in [-0.39, 0.29) is 0 Å². The lowest BCUT2D eigenvalue weighted by molar-refractivity contribution is 0.818. The van der Waals surface area contributed by atoms with E-state index < -0.39 is 8.65 Å². The van der Waals surface area contributed by atoms with Crippen LogP contribution in [-0.4, -0.2) is 19.3 Å². The summed E-state index contributed by atoms with van der Waals surface area (Å²) in [4.78, 5) is 0. The second-order valence-electron chi connectivity index (χ2n) is 4.59. The Balaban J connectivity index is 2.81. The Morgan fingerprint density at radius 3 is 1.30 bits per heavy atom. The lowest BCUT2D eigenvalue weighted by Gasteiger charge is -2.18. The number of rotatable bonds is 6. The van der Waals surface area contributed by atoms with Gasteiger partial charge in [0.15, 0.2) is 0 Å². The first-order chi connectivity index (χ1) is 9.40. The largest absolute Gasteiger partial charge is 0.197 e.